The predicted octanol–water partition coefficient (Wildman–Crippen LogP) is 2.44. The number of carbonyl (C=O) groups is 1. The summed E-state index contributed by atoms with van der Waals surface area (Å²) in [7, 11) is 0. The maximum Gasteiger partial charge on any atom is 0.310 e. The fraction of sp³-hybridized carbons (Fsp3) is 0.562. The van der Waals surface area contributed by atoms with Crippen molar-refractivity contribution in [2.75, 3.05) is 18.9 Å². The molecular weight excluding hydrogens is 302 g/mol. The van der Waals surface area contributed by atoms with Gasteiger partial charge < -0.3 is 19.9 Å². The Morgan fingerprint density at radius 3 is 2.73 bits per heavy atom. The molecule has 2 fully saturated rings. The van der Waals surface area contributed by atoms with Gasteiger partial charge in [0.15, 0.2) is 5.79 Å². The number of thioether (sulfide) groups is 1. The summed E-state index contributed by atoms with van der Waals surface area (Å²) >= 11 is 1.58. The number of anilines is 1. The van der Waals surface area contributed by atoms with Crippen LogP contribution >= 0.6 is 11.8 Å². The van der Waals surface area contributed by atoms with Gasteiger partial charge in [0.2, 0.25) is 0 Å². The molecule has 2 saturated heterocycles. The predicted molar refractivity (Wildman–Crippen MR) is 84.5 cm³/mol. The zero-order valence-corrected chi connectivity index (χ0v) is 13.6. The van der Waals surface area contributed by atoms with Gasteiger partial charge in [0.25, 0.3) is 0 Å². The molecule has 2 N–H and O–H groups in total. The van der Waals surface area contributed by atoms with E-state index >= 15 is 0 Å². The molecule has 0 radical (unpaired) electrons. The van der Waals surface area contributed by atoms with E-state index in [1.165, 1.54) is 0 Å². The van der Waals surface area contributed by atoms with E-state index in [1.807, 2.05) is 38.1 Å². The molecular formula is C16H21NO4S. The molecule has 1 aromatic rings. The highest BCUT2D eigenvalue weighted by Crippen LogP contribution is 2.41. The third-order valence-corrected chi connectivity index (χ3v) is 5.48. The zero-order chi connectivity index (χ0) is 15.7. The Labute approximate surface area is 134 Å². The molecule has 2 aliphatic rings. The van der Waals surface area contributed by atoms with Crippen molar-refractivity contribution >= 4 is 23.4 Å². The van der Waals surface area contributed by atoms with Gasteiger partial charge in [0.05, 0.1) is 30.5 Å². The Kier molecular flexibility index (Phi) is 4.34. The molecule has 3 atom stereocenters. The Hall–Kier alpha value is -1.24. The zero-order valence-electron chi connectivity index (χ0n) is 12.8. The van der Waals surface area contributed by atoms with E-state index in [9.17, 15) is 4.79 Å². The van der Waals surface area contributed by atoms with Crippen LogP contribution in [0, 0.1) is 5.92 Å². The molecule has 0 saturated carbocycles. The summed E-state index contributed by atoms with van der Waals surface area (Å²) in [4.78, 5) is 13.0. The molecule has 0 aliphatic carbocycles. The van der Waals surface area contributed by atoms with Gasteiger partial charge in [-0.2, -0.15) is 0 Å². The summed E-state index contributed by atoms with van der Waals surface area (Å²) in [6, 6.07) is 7.67. The van der Waals surface area contributed by atoms with Crippen LogP contribution in [0.3, 0.4) is 0 Å². The molecule has 3 rings (SSSR count). The van der Waals surface area contributed by atoms with Gasteiger partial charge >= 0.3 is 5.97 Å². The van der Waals surface area contributed by atoms with Crippen molar-refractivity contribution in [1.29, 1.82) is 0 Å². The molecule has 0 spiro atoms. The standard InChI is InChI=1S/C16H21NO4S/c1-16(2)20-9-12(21-16)14(10-7-8-19-15(10)18)22-13-6-4-3-5-11(13)17/h3-6,10,12,14H,7-9,17H2,1-2H3/t10-,12-,14-/m0/s1. The van der Waals surface area contributed by atoms with Crippen LogP contribution in [-0.2, 0) is 19.0 Å². The monoisotopic (exact) mass is 323 g/mol. The highest BCUT2D eigenvalue weighted by Gasteiger charge is 2.45. The van der Waals surface area contributed by atoms with Crippen LogP contribution in [0.2, 0.25) is 0 Å². The second-order valence-electron chi connectivity index (χ2n) is 6.05. The molecule has 0 aromatic heterocycles. The van der Waals surface area contributed by atoms with Gasteiger partial charge in [0.1, 0.15) is 0 Å². The van der Waals surface area contributed by atoms with Gasteiger partial charge in [-0.15, -0.1) is 11.8 Å². The van der Waals surface area contributed by atoms with Gasteiger partial charge in [-0.05, 0) is 32.4 Å². The number of hydrogen-bond donors (Lipinski definition) is 1. The van der Waals surface area contributed by atoms with Crippen LogP contribution in [0.25, 0.3) is 0 Å². The first-order valence-corrected chi connectivity index (χ1v) is 8.34. The lowest BCUT2D eigenvalue weighted by Crippen LogP contribution is -2.36. The van der Waals surface area contributed by atoms with Gasteiger partial charge in [0, 0.05) is 10.6 Å². The molecule has 0 amide bonds. The second-order valence-corrected chi connectivity index (χ2v) is 7.27. The lowest BCUT2D eigenvalue weighted by atomic mass is 10.00. The van der Waals surface area contributed by atoms with Crippen molar-refractivity contribution in [1.82, 2.24) is 0 Å². The molecule has 5 nitrogen and oxygen atoms in total. The van der Waals surface area contributed by atoms with E-state index in [1.54, 1.807) is 11.8 Å². The number of carbonyl (C=O) groups excluding carboxylic acids is 1. The van der Waals surface area contributed by atoms with Crippen molar-refractivity contribution in [3.8, 4) is 0 Å². The summed E-state index contributed by atoms with van der Waals surface area (Å²) in [5, 5.41) is -0.0681. The average Bonchev–Trinajstić information content (AvgIpc) is 3.04. The van der Waals surface area contributed by atoms with Crippen molar-refractivity contribution in [2.24, 2.45) is 5.92 Å². The van der Waals surface area contributed by atoms with Crippen molar-refractivity contribution in [3.05, 3.63) is 24.3 Å². The fourth-order valence-corrected chi connectivity index (χ4v) is 4.19. The van der Waals surface area contributed by atoms with Crippen LogP contribution in [0.5, 0.6) is 0 Å². The lowest BCUT2D eigenvalue weighted by Gasteiger charge is -2.27. The molecule has 2 heterocycles. The minimum atomic E-state index is -0.617. The topological polar surface area (TPSA) is 70.8 Å². The Balaban J connectivity index is 1.83. The van der Waals surface area contributed by atoms with Crippen molar-refractivity contribution < 1.29 is 19.0 Å². The minimum Gasteiger partial charge on any atom is -0.465 e. The van der Waals surface area contributed by atoms with E-state index in [0.717, 1.165) is 4.90 Å². The number of para-hydroxylation sites is 1. The summed E-state index contributed by atoms with van der Waals surface area (Å²) in [6.45, 7) is 4.72. The van der Waals surface area contributed by atoms with Crippen LogP contribution in [0.1, 0.15) is 20.3 Å². The second kappa shape index (κ2) is 6.10. The average molecular weight is 323 g/mol. The fourth-order valence-electron chi connectivity index (χ4n) is 2.84. The van der Waals surface area contributed by atoms with Gasteiger partial charge in [-0.25, -0.2) is 0 Å². The molecule has 0 unspecified atom stereocenters. The molecule has 1 aromatic carbocycles. The number of ether oxygens (including phenoxy) is 3. The van der Waals surface area contributed by atoms with Crippen molar-refractivity contribution in [3.63, 3.8) is 0 Å². The molecule has 0 bridgehead atoms. The first kappa shape index (κ1) is 15.6. The number of nitrogen functional groups attached to an aromatic ring is 1. The first-order valence-electron chi connectivity index (χ1n) is 7.46. The van der Waals surface area contributed by atoms with Crippen molar-refractivity contribution in [2.45, 2.75) is 42.3 Å². The largest absolute Gasteiger partial charge is 0.465 e. The molecule has 2 aliphatic heterocycles. The molecule has 6 heteroatoms. The number of hydrogen-bond acceptors (Lipinski definition) is 6. The number of cyclic esters (lactones) is 1. The van der Waals surface area contributed by atoms with E-state index in [2.05, 4.69) is 0 Å². The van der Waals surface area contributed by atoms with Crippen LogP contribution in [0.15, 0.2) is 29.2 Å². The van der Waals surface area contributed by atoms with E-state index < -0.39 is 5.79 Å². The smallest absolute Gasteiger partial charge is 0.310 e. The highest BCUT2D eigenvalue weighted by atomic mass is 32.2. The summed E-state index contributed by atoms with van der Waals surface area (Å²) in [6.07, 6.45) is 0.555. The normalized spacial score (nSPS) is 28.5. The maximum atomic E-state index is 12.0. The third-order valence-electron chi connectivity index (χ3n) is 3.95. The van der Waals surface area contributed by atoms with Crippen LogP contribution < -0.4 is 5.73 Å². The number of nitrogens with two attached hydrogens (primary N) is 1. The van der Waals surface area contributed by atoms with E-state index in [4.69, 9.17) is 19.9 Å². The maximum absolute atomic E-state index is 12.0. The Morgan fingerprint density at radius 1 is 1.36 bits per heavy atom. The minimum absolute atomic E-state index is 0.0681. The number of esters is 1. The third kappa shape index (κ3) is 3.24. The van der Waals surface area contributed by atoms with Crippen LogP contribution in [0.4, 0.5) is 5.69 Å². The Bertz CT molecular complexity index is 563. The van der Waals surface area contributed by atoms with Crippen LogP contribution in [-0.4, -0.2) is 36.3 Å². The quantitative estimate of drug-likeness (QED) is 0.521. The van der Waals surface area contributed by atoms with E-state index in [0.29, 0.717) is 25.3 Å². The van der Waals surface area contributed by atoms with Gasteiger partial charge in [-0.3, -0.25) is 4.79 Å². The SMILES string of the molecule is CC1(C)OC[C@@H]([C@@H](Sc2ccccc2N)[C@@H]2CCOC2=O)O1. The lowest BCUT2D eigenvalue weighted by molar-refractivity contribution is -0.147. The number of rotatable bonds is 4. The summed E-state index contributed by atoms with van der Waals surface area (Å²) in [5.41, 5.74) is 6.76. The number of benzene rings is 1. The molecule has 22 heavy (non-hydrogen) atoms. The van der Waals surface area contributed by atoms with Gasteiger partial charge in [-0.1, -0.05) is 12.1 Å². The highest BCUT2D eigenvalue weighted by molar-refractivity contribution is 8.00. The first-order chi connectivity index (χ1) is 10.5. The summed E-state index contributed by atoms with van der Waals surface area (Å²) < 4.78 is 16.8. The summed E-state index contributed by atoms with van der Waals surface area (Å²) in [5.74, 6) is -0.957. The molecule has 120 valence electrons. The van der Waals surface area contributed by atoms with E-state index in [-0.39, 0.29) is 23.2 Å². The Morgan fingerprint density at radius 2 is 2.14 bits per heavy atom.